The first kappa shape index (κ1) is 93.2. The first-order chi connectivity index (χ1) is 47.5. The zero-order valence-corrected chi connectivity index (χ0v) is 64.6. The standard InChI is InChI=1S/C87H152NO8P/c1-6-8-10-12-14-16-18-20-22-24-26-28-30-32-34-36-38-40-41-42-43-44-45-46-47-48-50-52-54-56-58-60-62-64-66-68-70-72-74-76-78-80-87(90)96-85(84-95-97(91,92)94-82-81-88(3,4)5)83-93-86(89)79-77-75-73-71-69-67-65-63-61-59-57-55-53-51-49-39-37-35-33-31-29-27-25-23-21-19-17-15-13-11-9-7-2/h8,10,14,16,20,22,26,28,32,34,38,40,42-43,45-46,48,50,54,56,60,62,85H,6-7,9,11-13,15,17-19,21,23-25,27,29-31,33,35-37,39,41,44,47,49,51-53,55,57-59,61,63-84H2,1-5H3/b10-8-,16-14-,22-20-,28-26-,34-32-,40-38-,43-42-,46-45-,50-48-,56-54-,62-60-. The predicted molar refractivity (Wildman–Crippen MR) is 420 cm³/mol. The summed E-state index contributed by atoms with van der Waals surface area (Å²) in [5, 5.41) is 0. The minimum absolute atomic E-state index is 0.0375. The summed E-state index contributed by atoms with van der Waals surface area (Å²) in [5.41, 5.74) is 0. The average Bonchev–Trinajstić information content (AvgIpc) is 1.69. The number of allylic oxidation sites excluding steroid dienone is 22. The summed E-state index contributed by atoms with van der Waals surface area (Å²) >= 11 is 0. The highest BCUT2D eigenvalue weighted by Crippen LogP contribution is 2.38. The van der Waals surface area contributed by atoms with Crippen LogP contribution in [0, 0.1) is 0 Å². The normalized spacial score (nSPS) is 13.8. The fourth-order valence-corrected chi connectivity index (χ4v) is 12.0. The zero-order chi connectivity index (χ0) is 70.4. The summed E-state index contributed by atoms with van der Waals surface area (Å²) in [4.78, 5) is 38.2. The first-order valence-corrected chi connectivity index (χ1v) is 41.9. The number of hydrogen-bond acceptors (Lipinski definition) is 8. The van der Waals surface area contributed by atoms with E-state index < -0.39 is 26.5 Å². The molecule has 2 atom stereocenters. The summed E-state index contributed by atoms with van der Waals surface area (Å²) in [6, 6.07) is 0. The molecule has 0 radical (unpaired) electrons. The van der Waals surface area contributed by atoms with Crippen LogP contribution in [0.2, 0.25) is 0 Å². The van der Waals surface area contributed by atoms with Crippen molar-refractivity contribution in [3.8, 4) is 0 Å². The van der Waals surface area contributed by atoms with Crippen molar-refractivity contribution in [1.29, 1.82) is 0 Å². The Morgan fingerprint density at radius 1 is 0.330 bits per heavy atom. The van der Waals surface area contributed by atoms with Gasteiger partial charge in [-0.1, -0.05) is 379 Å². The van der Waals surface area contributed by atoms with Crippen molar-refractivity contribution in [1.82, 2.24) is 0 Å². The van der Waals surface area contributed by atoms with Crippen LogP contribution in [0.1, 0.15) is 354 Å². The largest absolute Gasteiger partial charge is 0.756 e. The van der Waals surface area contributed by atoms with E-state index >= 15 is 0 Å². The number of unbranched alkanes of at least 4 members (excludes halogenated alkanes) is 38. The molecular weight excluding hydrogens is 1220 g/mol. The van der Waals surface area contributed by atoms with Gasteiger partial charge in [-0.2, -0.15) is 0 Å². The van der Waals surface area contributed by atoms with Crippen LogP contribution in [0.15, 0.2) is 134 Å². The van der Waals surface area contributed by atoms with Crippen LogP contribution < -0.4 is 4.89 Å². The van der Waals surface area contributed by atoms with Crippen LogP contribution in [-0.4, -0.2) is 70.0 Å². The molecule has 0 aromatic carbocycles. The van der Waals surface area contributed by atoms with Crippen molar-refractivity contribution in [2.75, 3.05) is 47.5 Å². The monoisotopic (exact) mass is 1370 g/mol. The molecule has 558 valence electrons. The number of phosphoric acid groups is 1. The van der Waals surface area contributed by atoms with Gasteiger partial charge in [0, 0.05) is 12.8 Å². The molecule has 0 bridgehead atoms. The number of carbonyl (C=O) groups is 2. The Morgan fingerprint density at radius 2 is 0.588 bits per heavy atom. The average molecular weight is 1370 g/mol. The second kappa shape index (κ2) is 76.3. The third kappa shape index (κ3) is 81.0. The molecule has 9 nitrogen and oxygen atoms in total. The molecule has 0 rings (SSSR count). The molecule has 2 unspecified atom stereocenters. The van der Waals surface area contributed by atoms with E-state index in [1.807, 2.05) is 21.1 Å². The van der Waals surface area contributed by atoms with Crippen molar-refractivity contribution in [2.24, 2.45) is 0 Å². The van der Waals surface area contributed by atoms with E-state index in [4.69, 9.17) is 18.5 Å². The third-order valence-corrected chi connectivity index (χ3v) is 18.4. The van der Waals surface area contributed by atoms with E-state index in [2.05, 4.69) is 148 Å². The molecule has 97 heavy (non-hydrogen) atoms. The summed E-state index contributed by atoms with van der Waals surface area (Å²) in [5.74, 6) is -0.839. The summed E-state index contributed by atoms with van der Waals surface area (Å²) < 4.78 is 34.4. The number of phosphoric ester groups is 1. The van der Waals surface area contributed by atoms with Crippen LogP contribution in [0.5, 0.6) is 0 Å². The number of ether oxygens (including phenoxy) is 2. The Bertz CT molecular complexity index is 2100. The van der Waals surface area contributed by atoms with E-state index in [1.165, 1.54) is 199 Å². The van der Waals surface area contributed by atoms with Crippen LogP contribution in [0.4, 0.5) is 0 Å². The van der Waals surface area contributed by atoms with Gasteiger partial charge < -0.3 is 27.9 Å². The van der Waals surface area contributed by atoms with Crippen LogP contribution in [0.3, 0.4) is 0 Å². The minimum Gasteiger partial charge on any atom is -0.756 e. The Kier molecular flexibility index (Phi) is 73.3. The van der Waals surface area contributed by atoms with Crippen molar-refractivity contribution in [3.05, 3.63) is 134 Å². The van der Waals surface area contributed by atoms with E-state index in [-0.39, 0.29) is 32.0 Å². The lowest BCUT2D eigenvalue weighted by molar-refractivity contribution is -0.870. The molecular formula is C87H152NO8P. The molecule has 0 aromatic rings. The maximum atomic E-state index is 12.9. The van der Waals surface area contributed by atoms with Crippen molar-refractivity contribution in [3.63, 3.8) is 0 Å². The molecule has 0 amide bonds. The SMILES string of the molecule is CC/C=C\C/C=C\C/C=C\C/C=C\C/C=C\C/C=C\C/C=C\C/C=C\C/C=C\C/C=C\C/C=C\CCCCCCCCCC(=O)OC(COC(=O)CCCCCCCCCCCCCCCCCCCCCCCCCCCCCCCCCC)COP(=O)([O-])OCC[N+](C)(C)C. The van der Waals surface area contributed by atoms with Gasteiger partial charge in [-0.05, 0) is 96.3 Å². The van der Waals surface area contributed by atoms with Gasteiger partial charge in [-0.15, -0.1) is 0 Å². The van der Waals surface area contributed by atoms with Crippen molar-refractivity contribution >= 4 is 19.8 Å². The van der Waals surface area contributed by atoms with Gasteiger partial charge in [0.2, 0.25) is 0 Å². The van der Waals surface area contributed by atoms with Crippen LogP contribution in [-0.2, 0) is 32.7 Å². The van der Waals surface area contributed by atoms with Crippen LogP contribution in [0.25, 0.3) is 0 Å². The van der Waals surface area contributed by atoms with Gasteiger partial charge in [-0.25, -0.2) is 0 Å². The molecule has 0 spiro atoms. The molecule has 0 saturated heterocycles. The lowest BCUT2D eigenvalue weighted by Gasteiger charge is -2.28. The van der Waals surface area contributed by atoms with Gasteiger partial charge >= 0.3 is 11.9 Å². The van der Waals surface area contributed by atoms with Gasteiger partial charge in [-0.3, -0.25) is 14.2 Å². The molecule has 0 saturated carbocycles. The van der Waals surface area contributed by atoms with E-state index in [1.54, 1.807) is 0 Å². The summed E-state index contributed by atoms with van der Waals surface area (Å²) in [7, 11) is 1.16. The first-order valence-electron chi connectivity index (χ1n) is 40.4. The molecule has 0 aliphatic carbocycles. The Morgan fingerprint density at radius 3 is 0.876 bits per heavy atom. The number of nitrogens with zero attached hydrogens (tertiary/aromatic N) is 1. The maximum absolute atomic E-state index is 12.9. The second-order valence-corrected chi connectivity index (χ2v) is 29.5. The lowest BCUT2D eigenvalue weighted by Crippen LogP contribution is -2.37. The van der Waals surface area contributed by atoms with Gasteiger partial charge in [0.15, 0.2) is 6.10 Å². The van der Waals surface area contributed by atoms with Crippen LogP contribution >= 0.6 is 7.82 Å². The van der Waals surface area contributed by atoms with E-state index in [0.29, 0.717) is 17.4 Å². The zero-order valence-electron chi connectivity index (χ0n) is 63.7. The number of likely N-dealkylation sites (N-methyl/N-ethyl adjacent to an activating group) is 1. The highest BCUT2D eigenvalue weighted by Gasteiger charge is 2.22. The number of quaternary nitrogens is 1. The van der Waals surface area contributed by atoms with Crippen molar-refractivity contribution < 1.29 is 42.1 Å². The fraction of sp³-hybridized carbons (Fsp3) is 0.724. The van der Waals surface area contributed by atoms with Crippen molar-refractivity contribution in [2.45, 2.75) is 360 Å². The Hall–Kier alpha value is -3.85. The second-order valence-electron chi connectivity index (χ2n) is 28.1. The summed E-state index contributed by atoms with van der Waals surface area (Å²) in [6.07, 6.45) is 111. The molecule has 0 aliphatic rings. The molecule has 0 heterocycles. The molecule has 0 aliphatic heterocycles. The maximum Gasteiger partial charge on any atom is 0.306 e. The minimum atomic E-state index is -4.66. The quantitative estimate of drug-likeness (QED) is 0.0195. The van der Waals surface area contributed by atoms with Gasteiger partial charge in [0.05, 0.1) is 27.7 Å². The highest BCUT2D eigenvalue weighted by atomic mass is 31.2. The molecule has 0 fully saturated rings. The lowest BCUT2D eigenvalue weighted by atomic mass is 10.0. The Balaban J connectivity index is 4.04. The van der Waals surface area contributed by atoms with Gasteiger partial charge in [0.25, 0.3) is 7.82 Å². The fourth-order valence-electron chi connectivity index (χ4n) is 11.3. The molecule has 0 N–H and O–H groups in total. The van der Waals surface area contributed by atoms with Gasteiger partial charge in [0.1, 0.15) is 19.8 Å². The third-order valence-electron chi connectivity index (χ3n) is 17.4. The molecule has 0 aromatic heterocycles. The topological polar surface area (TPSA) is 111 Å². The number of rotatable bonds is 74. The highest BCUT2D eigenvalue weighted by molar-refractivity contribution is 7.45. The molecule has 10 heteroatoms. The number of esters is 2. The predicted octanol–water partition coefficient (Wildman–Crippen LogP) is 26.5. The van der Waals surface area contributed by atoms with E-state index in [9.17, 15) is 19.0 Å². The smallest absolute Gasteiger partial charge is 0.306 e. The van der Waals surface area contributed by atoms with E-state index in [0.717, 1.165) is 122 Å². The number of carbonyl (C=O) groups excluding carboxylic acids is 2. The number of hydrogen-bond donors (Lipinski definition) is 0. The summed E-state index contributed by atoms with van der Waals surface area (Å²) in [6.45, 7) is 4.15. The Labute approximate surface area is 600 Å².